The quantitative estimate of drug-likeness (QED) is 0.256. The van der Waals surface area contributed by atoms with Crippen LogP contribution < -0.4 is 0 Å². The molecule has 0 bridgehead atoms. The minimum atomic E-state index is 0.0179. The summed E-state index contributed by atoms with van der Waals surface area (Å²) in [6.07, 6.45) is 0.0179. The number of hydrogen-bond donors (Lipinski definition) is 1. The van der Waals surface area contributed by atoms with Gasteiger partial charge in [0.25, 0.3) is 0 Å². The zero-order valence-corrected chi connectivity index (χ0v) is 25.7. The van der Waals surface area contributed by atoms with E-state index in [4.69, 9.17) is 9.84 Å². The van der Waals surface area contributed by atoms with Crippen LogP contribution in [0.5, 0.6) is 0 Å². The molecule has 0 spiro atoms. The van der Waals surface area contributed by atoms with E-state index in [9.17, 15) is 0 Å². The van der Waals surface area contributed by atoms with Gasteiger partial charge in [0.1, 0.15) is 6.10 Å². The van der Waals surface area contributed by atoms with Crippen LogP contribution in [-0.2, 0) is 4.74 Å². The van der Waals surface area contributed by atoms with Crippen molar-refractivity contribution >= 4 is 10.8 Å². The number of aliphatic hydroxyl groups excluding tert-OH is 1. The molecule has 4 aromatic carbocycles. The Morgan fingerprint density at radius 1 is 0.575 bits per heavy atom. The highest BCUT2D eigenvalue weighted by Gasteiger charge is 2.17. The number of rotatable bonds is 7. The van der Waals surface area contributed by atoms with Crippen molar-refractivity contribution in [2.24, 2.45) is 0 Å². The van der Waals surface area contributed by atoms with Crippen molar-refractivity contribution in [1.29, 1.82) is 0 Å². The SMILES string of the molecule is CC.CC.CCN1CCN(CCOC(c2ccccc2)c2ccccc2)CC1.CO.c1ccc2ccccc2c1. The van der Waals surface area contributed by atoms with E-state index in [1.807, 2.05) is 27.7 Å². The van der Waals surface area contributed by atoms with Crippen LogP contribution in [0.25, 0.3) is 10.8 Å². The molecular formula is C36H52N2O2. The second-order valence-corrected chi connectivity index (χ2v) is 8.70. The van der Waals surface area contributed by atoms with Crippen LogP contribution in [0.3, 0.4) is 0 Å². The summed E-state index contributed by atoms with van der Waals surface area (Å²) in [5.74, 6) is 0. The monoisotopic (exact) mass is 544 g/mol. The van der Waals surface area contributed by atoms with Gasteiger partial charge >= 0.3 is 0 Å². The van der Waals surface area contributed by atoms with Crippen LogP contribution in [0.15, 0.2) is 109 Å². The van der Waals surface area contributed by atoms with E-state index in [1.165, 1.54) is 35.0 Å². The van der Waals surface area contributed by atoms with Crippen molar-refractivity contribution < 1.29 is 9.84 Å². The second-order valence-electron chi connectivity index (χ2n) is 8.70. The maximum absolute atomic E-state index is 7.00. The molecule has 0 unspecified atom stereocenters. The molecule has 218 valence electrons. The van der Waals surface area contributed by atoms with Crippen molar-refractivity contribution in [3.05, 3.63) is 120 Å². The van der Waals surface area contributed by atoms with E-state index in [0.29, 0.717) is 0 Å². The third-order valence-electron chi connectivity index (χ3n) is 6.47. The van der Waals surface area contributed by atoms with Gasteiger partial charge in [-0.25, -0.2) is 0 Å². The number of fused-ring (bicyclic) bond motifs is 1. The fourth-order valence-electron chi connectivity index (χ4n) is 4.40. The molecule has 0 saturated carbocycles. The lowest BCUT2D eigenvalue weighted by Crippen LogP contribution is -2.47. The average molecular weight is 545 g/mol. The van der Waals surface area contributed by atoms with Gasteiger partial charge in [0, 0.05) is 39.8 Å². The molecule has 40 heavy (non-hydrogen) atoms. The molecule has 5 rings (SSSR count). The van der Waals surface area contributed by atoms with Crippen LogP contribution in [0.2, 0.25) is 0 Å². The van der Waals surface area contributed by atoms with Crippen LogP contribution in [0, 0.1) is 0 Å². The zero-order valence-electron chi connectivity index (χ0n) is 25.7. The normalized spacial score (nSPS) is 12.9. The molecule has 4 heteroatoms. The molecule has 1 heterocycles. The highest BCUT2D eigenvalue weighted by atomic mass is 16.5. The smallest absolute Gasteiger partial charge is 0.108 e. The summed E-state index contributed by atoms with van der Waals surface area (Å²) in [6, 6.07) is 37.8. The molecule has 0 aromatic heterocycles. The Morgan fingerprint density at radius 3 is 1.30 bits per heavy atom. The van der Waals surface area contributed by atoms with Gasteiger partial charge in [-0.15, -0.1) is 0 Å². The van der Waals surface area contributed by atoms with E-state index in [1.54, 1.807) is 0 Å². The molecule has 0 aliphatic carbocycles. The fourth-order valence-corrected chi connectivity index (χ4v) is 4.40. The summed E-state index contributed by atoms with van der Waals surface area (Å²) in [6.45, 7) is 17.8. The topological polar surface area (TPSA) is 35.9 Å². The lowest BCUT2D eigenvalue weighted by atomic mass is 10.0. The molecule has 4 aromatic rings. The van der Waals surface area contributed by atoms with Crippen LogP contribution in [0.4, 0.5) is 0 Å². The lowest BCUT2D eigenvalue weighted by molar-refractivity contribution is 0.0460. The number of piperazine rings is 1. The molecule has 4 nitrogen and oxygen atoms in total. The molecule has 1 N–H and O–H groups in total. The van der Waals surface area contributed by atoms with Gasteiger partial charge in [0.05, 0.1) is 6.61 Å². The highest BCUT2D eigenvalue weighted by Crippen LogP contribution is 2.25. The summed E-state index contributed by atoms with van der Waals surface area (Å²) in [5, 5.41) is 9.62. The Morgan fingerprint density at radius 2 is 0.925 bits per heavy atom. The van der Waals surface area contributed by atoms with Gasteiger partial charge < -0.3 is 14.7 Å². The van der Waals surface area contributed by atoms with Crippen molar-refractivity contribution in [2.75, 3.05) is 53.0 Å². The molecule has 1 aliphatic rings. The molecule has 1 fully saturated rings. The van der Waals surface area contributed by atoms with Crippen LogP contribution in [0.1, 0.15) is 51.8 Å². The first kappa shape index (κ1) is 35.0. The Bertz CT molecular complexity index is 992. The number of hydrogen-bond acceptors (Lipinski definition) is 4. The molecule has 1 saturated heterocycles. The highest BCUT2D eigenvalue weighted by molar-refractivity contribution is 5.82. The number of aliphatic hydroxyl groups is 1. The third-order valence-corrected chi connectivity index (χ3v) is 6.47. The van der Waals surface area contributed by atoms with Gasteiger partial charge in [0.15, 0.2) is 0 Å². The first-order valence-corrected chi connectivity index (χ1v) is 14.9. The Balaban J connectivity index is 0.000000414. The maximum Gasteiger partial charge on any atom is 0.108 e. The standard InChI is InChI=1S/C21H28N2O.C10H8.2C2H6.CH4O/c1-2-22-13-15-23(16-14-22)17-18-24-21(19-9-5-3-6-10-19)20-11-7-4-8-12-20;1-2-6-10-8-4-3-7-9(10)5-1;3*1-2/h3-12,21H,2,13-18H2,1H3;1-8H;2*1-2H3;2H,1H3. The molecular weight excluding hydrogens is 492 g/mol. The van der Waals surface area contributed by atoms with E-state index in [0.717, 1.165) is 39.9 Å². The Labute approximate surface area is 244 Å². The van der Waals surface area contributed by atoms with Gasteiger partial charge in [0.2, 0.25) is 0 Å². The summed E-state index contributed by atoms with van der Waals surface area (Å²) in [4.78, 5) is 5.02. The van der Waals surface area contributed by atoms with Crippen LogP contribution >= 0.6 is 0 Å². The predicted molar refractivity (Wildman–Crippen MR) is 174 cm³/mol. The zero-order chi connectivity index (χ0) is 29.4. The molecule has 1 aliphatic heterocycles. The summed E-state index contributed by atoms with van der Waals surface area (Å²) >= 11 is 0. The van der Waals surface area contributed by atoms with Crippen LogP contribution in [-0.4, -0.2) is 67.9 Å². The van der Waals surface area contributed by atoms with E-state index in [-0.39, 0.29) is 6.10 Å². The minimum Gasteiger partial charge on any atom is -0.400 e. The Hall–Kier alpha value is -3.02. The van der Waals surface area contributed by atoms with Gasteiger partial charge in [-0.3, -0.25) is 4.90 Å². The largest absolute Gasteiger partial charge is 0.400 e. The number of nitrogens with zero attached hydrogens (tertiary/aromatic N) is 2. The van der Waals surface area contributed by atoms with Gasteiger partial charge in [-0.2, -0.15) is 0 Å². The van der Waals surface area contributed by atoms with Crippen molar-refractivity contribution in [3.8, 4) is 0 Å². The van der Waals surface area contributed by atoms with E-state index < -0.39 is 0 Å². The first-order valence-electron chi connectivity index (χ1n) is 14.9. The van der Waals surface area contributed by atoms with E-state index >= 15 is 0 Å². The Kier molecular flexibility index (Phi) is 19.9. The third kappa shape index (κ3) is 12.4. The fraction of sp³-hybridized carbons (Fsp3) is 0.389. The molecule has 0 atom stereocenters. The van der Waals surface area contributed by atoms with Crippen molar-refractivity contribution in [1.82, 2.24) is 9.80 Å². The average Bonchev–Trinajstić information content (AvgIpc) is 3.07. The number of benzene rings is 4. The minimum absolute atomic E-state index is 0.0179. The maximum atomic E-state index is 7.00. The lowest BCUT2D eigenvalue weighted by Gasteiger charge is -2.34. The number of likely N-dealkylation sites (N-methyl/N-ethyl adjacent to an activating group) is 1. The first-order chi connectivity index (χ1) is 19.8. The van der Waals surface area contributed by atoms with Crippen molar-refractivity contribution in [2.45, 2.75) is 40.7 Å². The molecule has 0 radical (unpaired) electrons. The number of ether oxygens (including phenoxy) is 1. The molecule has 0 amide bonds. The van der Waals surface area contributed by atoms with Gasteiger partial charge in [-0.1, -0.05) is 144 Å². The summed E-state index contributed by atoms with van der Waals surface area (Å²) in [5.41, 5.74) is 2.44. The summed E-state index contributed by atoms with van der Waals surface area (Å²) in [7, 11) is 1.00. The predicted octanol–water partition coefficient (Wildman–Crippen LogP) is 7.93. The van der Waals surface area contributed by atoms with Gasteiger partial charge in [-0.05, 0) is 28.4 Å². The van der Waals surface area contributed by atoms with Crippen molar-refractivity contribution in [3.63, 3.8) is 0 Å². The second kappa shape index (κ2) is 22.8. The van der Waals surface area contributed by atoms with E-state index in [2.05, 4.69) is 126 Å². The summed E-state index contributed by atoms with van der Waals surface area (Å²) < 4.78 is 6.31.